The molecule has 3 rings (SSSR count). The second-order valence-electron chi connectivity index (χ2n) is 6.53. The van der Waals surface area contributed by atoms with Gasteiger partial charge in [0.15, 0.2) is 0 Å². The molecule has 0 saturated carbocycles. The molecule has 27 heavy (non-hydrogen) atoms. The number of hydrogen-bond donors (Lipinski definition) is 2. The number of fused-ring (bicyclic) bond motifs is 1. The number of amides is 1. The number of para-hydroxylation sites is 1. The van der Waals surface area contributed by atoms with Crippen LogP contribution >= 0.6 is 0 Å². The Morgan fingerprint density at radius 1 is 1.04 bits per heavy atom. The maximum atomic E-state index is 12.4. The lowest BCUT2D eigenvalue weighted by molar-refractivity contribution is -0.121. The lowest BCUT2D eigenvalue weighted by Gasteiger charge is -2.15. The van der Waals surface area contributed by atoms with Crippen molar-refractivity contribution in [3.63, 3.8) is 0 Å². The Morgan fingerprint density at radius 3 is 2.52 bits per heavy atom. The third-order valence-electron chi connectivity index (χ3n) is 4.50. The molecule has 0 aliphatic heterocycles. The van der Waals surface area contributed by atoms with Gasteiger partial charge in [0.05, 0.1) is 4.90 Å². The number of nitrogens with one attached hydrogen (secondary N) is 2. The van der Waals surface area contributed by atoms with Gasteiger partial charge < -0.3 is 10.3 Å². The summed E-state index contributed by atoms with van der Waals surface area (Å²) in [5, 5.41) is 3.95. The molecule has 0 saturated heterocycles. The number of H-pyrrole nitrogens is 1. The van der Waals surface area contributed by atoms with E-state index in [2.05, 4.69) is 10.3 Å². The predicted octanol–water partition coefficient (Wildman–Crippen LogP) is 2.67. The Balaban J connectivity index is 1.63. The van der Waals surface area contributed by atoms with Crippen molar-refractivity contribution in [1.29, 1.82) is 0 Å². The minimum atomic E-state index is -3.55. The van der Waals surface area contributed by atoms with Gasteiger partial charge in [0.25, 0.3) is 0 Å². The van der Waals surface area contributed by atoms with Crippen molar-refractivity contribution in [2.45, 2.75) is 24.3 Å². The van der Waals surface area contributed by atoms with Crippen LogP contribution in [-0.2, 0) is 27.8 Å². The van der Waals surface area contributed by atoms with Gasteiger partial charge in [0.2, 0.25) is 15.9 Å². The highest BCUT2D eigenvalue weighted by molar-refractivity contribution is 7.89. The second-order valence-corrected chi connectivity index (χ2v) is 8.65. The van der Waals surface area contributed by atoms with Crippen LogP contribution in [-0.4, -0.2) is 37.7 Å². The SMILES string of the molecule is CN(C)S(=O)(=O)c1ccccc1CNC(=O)CCc1c[nH]c2ccccc12. The molecule has 6 nitrogen and oxygen atoms in total. The van der Waals surface area contributed by atoms with Gasteiger partial charge in [-0.25, -0.2) is 12.7 Å². The average Bonchev–Trinajstić information content (AvgIpc) is 3.08. The van der Waals surface area contributed by atoms with E-state index in [0.29, 0.717) is 18.4 Å². The molecule has 0 fully saturated rings. The molecule has 0 bridgehead atoms. The highest BCUT2D eigenvalue weighted by Crippen LogP contribution is 2.20. The van der Waals surface area contributed by atoms with Gasteiger partial charge >= 0.3 is 0 Å². The van der Waals surface area contributed by atoms with Gasteiger partial charge in [0.1, 0.15) is 0 Å². The van der Waals surface area contributed by atoms with Gasteiger partial charge in [-0.3, -0.25) is 4.79 Å². The van der Waals surface area contributed by atoms with Crippen molar-refractivity contribution in [2.75, 3.05) is 14.1 Å². The zero-order valence-electron chi connectivity index (χ0n) is 15.4. The molecule has 142 valence electrons. The van der Waals surface area contributed by atoms with Crippen LogP contribution in [0.2, 0.25) is 0 Å². The summed E-state index contributed by atoms with van der Waals surface area (Å²) in [6.07, 6.45) is 2.88. The summed E-state index contributed by atoms with van der Waals surface area (Å²) in [6.45, 7) is 0.177. The Hall–Kier alpha value is -2.64. The van der Waals surface area contributed by atoms with Crippen LogP contribution in [0, 0.1) is 0 Å². The molecular formula is C20H23N3O3S. The number of sulfonamides is 1. The standard InChI is InChI=1S/C20H23N3O3S/c1-23(2)27(25,26)19-10-6-3-7-16(19)14-22-20(24)12-11-15-13-21-18-9-5-4-8-17(15)18/h3-10,13,21H,11-12,14H2,1-2H3,(H,22,24). The van der Waals surface area contributed by atoms with E-state index < -0.39 is 10.0 Å². The van der Waals surface area contributed by atoms with Gasteiger partial charge in [-0.15, -0.1) is 0 Å². The van der Waals surface area contributed by atoms with E-state index in [0.717, 1.165) is 16.5 Å². The van der Waals surface area contributed by atoms with E-state index in [-0.39, 0.29) is 17.3 Å². The van der Waals surface area contributed by atoms with Crippen LogP contribution in [0.4, 0.5) is 0 Å². The number of aromatic nitrogens is 1. The zero-order valence-corrected chi connectivity index (χ0v) is 16.2. The summed E-state index contributed by atoms with van der Waals surface area (Å²) >= 11 is 0. The quantitative estimate of drug-likeness (QED) is 0.656. The number of carbonyl (C=O) groups excluding carboxylic acids is 1. The first-order valence-electron chi connectivity index (χ1n) is 8.71. The van der Waals surface area contributed by atoms with Crippen molar-refractivity contribution in [3.8, 4) is 0 Å². The first kappa shape index (κ1) is 19.1. The number of aryl methyl sites for hydroxylation is 1. The fraction of sp³-hybridized carbons (Fsp3) is 0.250. The Morgan fingerprint density at radius 2 is 1.74 bits per heavy atom. The molecule has 0 aliphatic carbocycles. The molecule has 0 unspecified atom stereocenters. The minimum Gasteiger partial charge on any atom is -0.361 e. The number of hydrogen-bond acceptors (Lipinski definition) is 3. The molecule has 0 aliphatic rings. The van der Waals surface area contributed by atoms with E-state index in [1.54, 1.807) is 24.3 Å². The number of aromatic amines is 1. The van der Waals surface area contributed by atoms with E-state index in [9.17, 15) is 13.2 Å². The largest absolute Gasteiger partial charge is 0.361 e. The molecule has 3 aromatic rings. The Bertz CT molecular complexity index is 1060. The average molecular weight is 385 g/mol. The van der Waals surface area contributed by atoms with Crippen LogP contribution in [0.1, 0.15) is 17.5 Å². The molecule has 0 radical (unpaired) electrons. The molecule has 0 atom stereocenters. The van der Waals surface area contributed by atoms with E-state index in [1.807, 2.05) is 30.5 Å². The molecular weight excluding hydrogens is 362 g/mol. The highest BCUT2D eigenvalue weighted by Gasteiger charge is 2.20. The molecule has 2 N–H and O–H groups in total. The monoisotopic (exact) mass is 385 g/mol. The molecule has 1 aromatic heterocycles. The predicted molar refractivity (Wildman–Crippen MR) is 106 cm³/mol. The summed E-state index contributed by atoms with van der Waals surface area (Å²) in [5.41, 5.74) is 2.72. The normalized spacial score (nSPS) is 11.8. The third-order valence-corrected chi connectivity index (χ3v) is 6.42. The van der Waals surface area contributed by atoms with Crippen molar-refractivity contribution < 1.29 is 13.2 Å². The number of benzene rings is 2. The zero-order chi connectivity index (χ0) is 19.4. The van der Waals surface area contributed by atoms with Crippen molar-refractivity contribution >= 4 is 26.8 Å². The molecule has 1 amide bonds. The summed E-state index contributed by atoms with van der Waals surface area (Å²) < 4.78 is 26.0. The number of rotatable bonds is 7. The summed E-state index contributed by atoms with van der Waals surface area (Å²) in [6, 6.07) is 14.7. The van der Waals surface area contributed by atoms with Crippen LogP contribution < -0.4 is 5.32 Å². The third kappa shape index (κ3) is 4.20. The van der Waals surface area contributed by atoms with Crippen LogP contribution in [0.3, 0.4) is 0 Å². The van der Waals surface area contributed by atoms with Crippen LogP contribution in [0.5, 0.6) is 0 Å². The lowest BCUT2D eigenvalue weighted by Crippen LogP contribution is -2.27. The van der Waals surface area contributed by atoms with E-state index >= 15 is 0 Å². The van der Waals surface area contributed by atoms with Gasteiger partial charge in [-0.05, 0) is 29.7 Å². The molecule has 0 spiro atoms. The highest BCUT2D eigenvalue weighted by atomic mass is 32.2. The fourth-order valence-electron chi connectivity index (χ4n) is 2.97. The maximum Gasteiger partial charge on any atom is 0.242 e. The van der Waals surface area contributed by atoms with Crippen molar-refractivity contribution in [1.82, 2.24) is 14.6 Å². The second kappa shape index (κ2) is 7.94. The smallest absolute Gasteiger partial charge is 0.242 e. The fourth-order valence-corrected chi connectivity index (χ4v) is 4.08. The molecule has 7 heteroatoms. The summed E-state index contributed by atoms with van der Waals surface area (Å²) in [7, 11) is -0.566. The first-order chi connectivity index (χ1) is 12.9. The number of nitrogens with zero attached hydrogens (tertiary/aromatic N) is 1. The van der Waals surface area contributed by atoms with E-state index in [1.165, 1.54) is 18.4 Å². The minimum absolute atomic E-state index is 0.114. The Labute approximate surface area is 159 Å². The molecule has 1 heterocycles. The topological polar surface area (TPSA) is 82.3 Å². The Kier molecular flexibility index (Phi) is 5.62. The summed E-state index contributed by atoms with van der Waals surface area (Å²) in [5.74, 6) is -0.114. The molecule has 2 aromatic carbocycles. The van der Waals surface area contributed by atoms with Crippen LogP contribution in [0.25, 0.3) is 10.9 Å². The lowest BCUT2D eigenvalue weighted by atomic mass is 10.1. The van der Waals surface area contributed by atoms with Crippen molar-refractivity contribution in [2.24, 2.45) is 0 Å². The van der Waals surface area contributed by atoms with Gasteiger partial charge in [-0.1, -0.05) is 36.4 Å². The summed E-state index contributed by atoms with van der Waals surface area (Å²) in [4.78, 5) is 15.7. The number of carbonyl (C=O) groups is 1. The van der Waals surface area contributed by atoms with Gasteiger partial charge in [-0.2, -0.15) is 0 Å². The van der Waals surface area contributed by atoms with Crippen LogP contribution in [0.15, 0.2) is 59.6 Å². The first-order valence-corrected chi connectivity index (χ1v) is 10.2. The van der Waals surface area contributed by atoms with Gasteiger partial charge in [0, 0.05) is 44.2 Å². The maximum absolute atomic E-state index is 12.4. The van der Waals surface area contributed by atoms with E-state index in [4.69, 9.17) is 0 Å². The van der Waals surface area contributed by atoms with Crippen molar-refractivity contribution in [3.05, 3.63) is 65.9 Å².